The molecule has 94 valence electrons. The van der Waals surface area contributed by atoms with E-state index in [0.717, 1.165) is 5.82 Å². The zero-order valence-corrected chi connectivity index (χ0v) is 10.9. The Morgan fingerprint density at radius 3 is 2.59 bits per heavy atom. The van der Waals surface area contributed by atoms with Crippen molar-refractivity contribution in [3.05, 3.63) is 24.3 Å². The van der Waals surface area contributed by atoms with Crippen LogP contribution in [0.2, 0.25) is 0 Å². The maximum atomic E-state index is 12.0. The molecule has 1 aromatic rings. The van der Waals surface area contributed by atoms with Crippen molar-refractivity contribution < 1.29 is 4.79 Å². The van der Waals surface area contributed by atoms with Gasteiger partial charge in [-0.05, 0) is 6.92 Å². The summed E-state index contributed by atoms with van der Waals surface area (Å²) in [6.07, 6.45) is 1.69. The summed E-state index contributed by atoms with van der Waals surface area (Å²) in [6, 6.07) is 0. The highest BCUT2D eigenvalue weighted by Gasteiger charge is 2.23. The maximum Gasteiger partial charge on any atom is 0.293 e. The molecule has 0 radical (unpaired) electrons. The van der Waals surface area contributed by atoms with Crippen LogP contribution in [-0.4, -0.2) is 39.1 Å². The van der Waals surface area contributed by atoms with Crippen LogP contribution in [0.4, 0.5) is 0 Å². The first-order valence-electron chi connectivity index (χ1n) is 5.73. The Bertz CT molecular complexity index is 403. The molecule has 0 saturated carbocycles. The summed E-state index contributed by atoms with van der Waals surface area (Å²) in [6.45, 7) is 12.7. The van der Waals surface area contributed by atoms with Crippen molar-refractivity contribution >= 4 is 5.91 Å². The molecule has 0 aliphatic heterocycles. The second-order valence-corrected chi connectivity index (χ2v) is 4.89. The molecule has 1 heterocycles. The lowest BCUT2D eigenvalue weighted by molar-refractivity contribution is 0.0770. The van der Waals surface area contributed by atoms with Gasteiger partial charge in [0.15, 0.2) is 0 Å². The van der Waals surface area contributed by atoms with Crippen molar-refractivity contribution in [3.8, 4) is 0 Å². The Kier molecular flexibility index (Phi) is 4.04. The Morgan fingerprint density at radius 1 is 1.53 bits per heavy atom. The van der Waals surface area contributed by atoms with Crippen LogP contribution in [0.25, 0.3) is 0 Å². The van der Waals surface area contributed by atoms with Crippen molar-refractivity contribution in [3.63, 3.8) is 0 Å². The summed E-state index contributed by atoms with van der Waals surface area (Å²) in [5.41, 5.74) is -0.138. The molecule has 1 N–H and O–H groups in total. The normalized spacial score (nSPS) is 11.3. The number of carbonyl (C=O) groups excluding carboxylic acids is 1. The fraction of sp³-hybridized carbons (Fsp3) is 0.583. The Hall–Kier alpha value is -1.65. The topological polar surface area (TPSA) is 61.9 Å². The first kappa shape index (κ1) is 13.4. The predicted molar refractivity (Wildman–Crippen MR) is 66.9 cm³/mol. The molecule has 0 spiro atoms. The largest absolute Gasteiger partial charge is 0.332 e. The van der Waals surface area contributed by atoms with Gasteiger partial charge in [-0.15, -0.1) is 11.7 Å². The van der Waals surface area contributed by atoms with Gasteiger partial charge < -0.3 is 4.90 Å². The van der Waals surface area contributed by atoms with E-state index in [0.29, 0.717) is 13.1 Å². The molecule has 1 amide bonds. The number of aromatic amines is 1. The highest BCUT2D eigenvalue weighted by molar-refractivity contribution is 5.90. The van der Waals surface area contributed by atoms with Gasteiger partial charge in [-0.25, -0.2) is 4.98 Å². The zero-order valence-electron chi connectivity index (χ0n) is 10.9. The molecule has 5 heteroatoms. The molecule has 0 unspecified atom stereocenters. The van der Waals surface area contributed by atoms with Crippen LogP contribution in [0.3, 0.4) is 0 Å². The van der Waals surface area contributed by atoms with Gasteiger partial charge in [0.05, 0.1) is 0 Å². The van der Waals surface area contributed by atoms with Gasteiger partial charge in [-0.1, -0.05) is 26.8 Å². The Labute approximate surface area is 102 Å². The third kappa shape index (κ3) is 3.15. The minimum Gasteiger partial charge on any atom is -0.332 e. The summed E-state index contributed by atoms with van der Waals surface area (Å²) in [7, 11) is 0. The van der Waals surface area contributed by atoms with Crippen LogP contribution in [0, 0.1) is 0 Å². The average Bonchev–Trinajstić information content (AvgIpc) is 2.73. The van der Waals surface area contributed by atoms with E-state index in [-0.39, 0.29) is 17.1 Å². The molecule has 0 saturated heterocycles. The molecule has 5 nitrogen and oxygen atoms in total. The van der Waals surface area contributed by atoms with E-state index in [1.165, 1.54) is 0 Å². The summed E-state index contributed by atoms with van der Waals surface area (Å²) in [5.74, 6) is 0.772. The highest BCUT2D eigenvalue weighted by Crippen LogP contribution is 2.17. The SMILES string of the molecule is C=CCN(CC)C(=O)c1n[nH]c(C(C)(C)C)n1. The molecular weight excluding hydrogens is 216 g/mol. The molecule has 1 aromatic heterocycles. The van der Waals surface area contributed by atoms with Crippen LogP contribution in [0.5, 0.6) is 0 Å². The molecule has 0 aromatic carbocycles. The lowest BCUT2D eigenvalue weighted by atomic mass is 9.96. The van der Waals surface area contributed by atoms with Gasteiger partial charge in [0.1, 0.15) is 5.82 Å². The summed E-state index contributed by atoms with van der Waals surface area (Å²) in [4.78, 5) is 17.9. The molecule has 1 rings (SSSR count). The molecule has 0 aliphatic carbocycles. The molecule has 17 heavy (non-hydrogen) atoms. The van der Waals surface area contributed by atoms with E-state index in [1.807, 2.05) is 27.7 Å². The van der Waals surface area contributed by atoms with E-state index in [2.05, 4.69) is 21.8 Å². The fourth-order valence-electron chi connectivity index (χ4n) is 1.35. The number of H-pyrrole nitrogens is 1. The second-order valence-electron chi connectivity index (χ2n) is 4.89. The van der Waals surface area contributed by atoms with Crippen LogP contribution in [-0.2, 0) is 5.41 Å². The van der Waals surface area contributed by atoms with Gasteiger partial charge in [0.2, 0.25) is 5.82 Å². The molecular formula is C12H20N4O. The predicted octanol–water partition coefficient (Wildman–Crippen LogP) is 1.75. The zero-order chi connectivity index (χ0) is 13.1. The van der Waals surface area contributed by atoms with E-state index >= 15 is 0 Å². The Balaban J connectivity index is 2.89. The summed E-state index contributed by atoms with van der Waals surface area (Å²) in [5, 5.41) is 6.79. The van der Waals surface area contributed by atoms with Crippen molar-refractivity contribution in [1.29, 1.82) is 0 Å². The minimum atomic E-state index is -0.167. The molecule has 0 atom stereocenters. The second kappa shape index (κ2) is 5.12. The number of carbonyl (C=O) groups is 1. The van der Waals surface area contributed by atoms with Crippen LogP contribution in [0.1, 0.15) is 44.1 Å². The smallest absolute Gasteiger partial charge is 0.293 e. The number of rotatable bonds is 4. The lowest BCUT2D eigenvalue weighted by Gasteiger charge is -2.16. The quantitative estimate of drug-likeness (QED) is 0.810. The minimum absolute atomic E-state index is 0.138. The van der Waals surface area contributed by atoms with E-state index < -0.39 is 0 Å². The van der Waals surface area contributed by atoms with E-state index in [9.17, 15) is 4.79 Å². The van der Waals surface area contributed by atoms with E-state index in [1.54, 1.807) is 11.0 Å². The third-order valence-electron chi connectivity index (χ3n) is 2.41. The van der Waals surface area contributed by atoms with Crippen molar-refractivity contribution in [2.45, 2.75) is 33.1 Å². The van der Waals surface area contributed by atoms with Crippen molar-refractivity contribution in [1.82, 2.24) is 20.1 Å². The third-order valence-corrected chi connectivity index (χ3v) is 2.41. The number of nitrogens with one attached hydrogen (secondary N) is 1. The van der Waals surface area contributed by atoms with Crippen molar-refractivity contribution in [2.24, 2.45) is 0 Å². The average molecular weight is 236 g/mol. The number of likely N-dealkylation sites (N-methyl/N-ethyl adjacent to an activating group) is 1. The number of hydrogen-bond donors (Lipinski definition) is 1. The number of amides is 1. The van der Waals surface area contributed by atoms with Crippen LogP contribution >= 0.6 is 0 Å². The van der Waals surface area contributed by atoms with Gasteiger partial charge in [-0.2, -0.15) is 0 Å². The van der Waals surface area contributed by atoms with E-state index in [4.69, 9.17) is 0 Å². The lowest BCUT2D eigenvalue weighted by Crippen LogP contribution is -2.31. The van der Waals surface area contributed by atoms with Gasteiger partial charge in [-0.3, -0.25) is 9.89 Å². The summed E-state index contributed by atoms with van der Waals surface area (Å²) >= 11 is 0. The number of hydrogen-bond acceptors (Lipinski definition) is 3. The Morgan fingerprint density at radius 2 is 2.18 bits per heavy atom. The van der Waals surface area contributed by atoms with Crippen molar-refractivity contribution in [2.75, 3.05) is 13.1 Å². The van der Waals surface area contributed by atoms with Gasteiger partial charge >= 0.3 is 0 Å². The summed E-state index contributed by atoms with van der Waals surface area (Å²) < 4.78 is 0. The van der Waals surface area contributed by atoms with Crippen LogP contribution in [0.15, 0.2) is 12.7 Å². The highest BCUT2D eigenvalue weighted by atomic mass is 16.2. The fourth-order valence-corrected chi connectivity index (χ4v) is 1.35. The molecule has 0 bridgehead atoms. The first-order valence-corrected chi connectivity index (χ1v) is 5.73. The first-order chi connectivity index (χ1) is 7.90. The van der Waals surface area contributed by atoms with Crippen LogP contribution < -0.4 is 0 Å². The van der Waals surface area contributed by atoms with Gasteiger partial charge in [0, 0.05) is 18.5 Å². The van der Waals surface area contributed by atoms with Gasteiger partial charge in [0.25, 0.3) is 5.91 Å². The maximum absolute atomic E-state index is 12.0. The number of aromatic nitrogens is 3. The molecule has 0 aliphatic rings. The molecule has 0 fully saturated rings. The monoisotopic (exact) mass is 236 g/mol. The standard InChI is InChI=1S/C12H20N4O/c1-6-8-16(7-2)10(17)9-13-11(15-14-9)12(3,4)5/h6H,1,7-8H2,2-5H3,(H,13,14,15). The number of nitrogens with zero attached hydrogens (tertiary/aromatic N) is 3.